The molecule has 0 unspecified atom stereocenters. The van der Waals surface area contributed by atoms with Crippen LogP contribution in [0.1, 0.15) is 0 Å². The average Bonchev–Trinajstić information content (AvgIpc) is 1.65. The largest absolute Gasteiger partial charge is 0.481 e. The quantitative estimate of drug-likeness (QED) is 0.534. The first-order chi connectivity index (χ1) is 3.89. The van der Waals surface area contributed by atoms with E-state index >= 15 is 0 Å². The van der Waals surface area contributed by atoms with Crippen LogP contribution in [-0.4, -0.2) is 52.0 Å². The fourth-order valence-electron chi connectivity index (χ4n) is 0.123. The van der Waals surface area contributed by atoms with Crippen LogP contribution in [0.2, 0.25) is 9.83 Å². The third-order valence-electron chi connectivity index (χ3n) is 0.770. The van der Waals surface area contributed by atoms with E-state index in [1.807, 2.05) is 0 Å². The fourth-order valence-corrected chi connectivity index (χ4v) is 0.370. The fraction of sp³-hybridized carbons (Fsp3) is 0.667. The first-order valence-corrected chi connectivity index (χ1v) is 4.20. The lowest BCUT2D eigenvalue weighted by molar-refractivity contribution is -0.137. The van der Waals surface area contributed by atoms with Gasteiger partial charge in [0.05, 0.1) is 0 Å². The number of aliphatic carboxylic acids is 1. The summed E-state index contributed by atoms with van der Waals surface area (Å²) in [4.78, 5) is 10.3. The number of hydrogen-bond donors (Lipinski definition) is 1. The van der Waals surface area contributed by atoms with E-state index < -0.39 is 10.6 Å². The molecule has 42 valence electrons. The number of hydrogen-bond acceptors (Lipinski definition) is 1. The Labute approximate surface area is 67.1 Å². The minimum absolute atomic E-state index is 0.372. The third kappa shape index (κ3) is 2.20. The van der Waals surface area contributed by atoms with Crippen LogP contribution in [-0.2, 0) is 4.79 Å². The van der Waals surface area contributed by atoms with Crippen LogP contribution in [0.3, 0.4) is 0 Å². The van der Waals surface area contributed by atoms with E-state index in [1.165, 1.54) is 0 Å². The summed E-state index contributed by atoms with van der Waals surface area (Å²) < 4.78 is -1.15. The van der Waals surface area contributed by atoms with E-state index in [0.29, 0.717) is 0 Å². The predicted octanol–water partition coefficient (Wildman–Crippen LogP) is -1.39. The Hall–Kier alpha value is 0.338. The van der Waals surface area contributed by atoms with Gasteiger partial charge in [0.2, 0.25) is 0 Å². The van der Waals surface area contributed by atoms with E-state index in [9.17, 15) is 4.79 Å². The molecule has 9 heavy (non-hydrogen) atoms. The lowest BCUT2D eigenvalue weighted by Crippen LogP contribution is -2.29. The van der Waals surface area contributed by atoms with Crippen molar-refractivity contribution in [2.75, 3.05) is 0 Å². The van der Waals surface area contributed by atoms with Crippen molar-refractivity contribution >= 4 is 46.9 Å². The monoisotopic (exact) mass is 182 g/mol. The van der Waals surface area contributed by atoms with Crippen molar-refractivity contribution < 1.29 is 9.90 Å². The molecule has 1 N–H and O–H groups in total. The molecule has 0 aliphatic rings. The molecule has 0 aliphatic carbocycles. The van der Waals surface area contributed by atoms with Gasteiger partial charge in [-0.05, 0) is 0 Å². The van der Waals surface area contributed by atoms with Gasteiger partial charge in [0.15, 0.2) is 0 Å². The molecule has 6 heteroatoms. The molecule has 2 nitrogen and oxygen atoms in total. The summed E-state index contributed by atoms with van der Waals surface area (Å²) in [6, 6.07) is 0. The second kappa shape index (κ2) is 2.95. The Balaban J connectivity index is 4.19. The van der Waals surface area contributed by atoms with Crippen LogP contribution < -0.4 is 0 Å². The minimum atomic E-state index is -1.15. The highest BCUT2D eigenvalue weighted by molar-refractivity contribution is 6.58. The van der Waals surface area contributed by atoms with Gasteiger partial charge in [0.1, 0.15) is 0 Å². The molecular weight excluding hydrogens is 180 g/mol. The van der Waals surface area contributed by atoms with Gasteiger partial charge in [-0.2, -0.15) is 0 Å². The Kier molecular flexibility index (Phi) is 3.06. The first kappa shape index (κ1) is 9.34. The number of carboxylic acid groups (broad SMARTS) is 1. The maximum atomic E-state index is 10.3. The third-order valence-corrected chi connectivity index (χ3v) is 3.80. The van der Waals surface area contributed by atoms with Crippen LogP contribution in [0.25, 0.3) is 0 Å². The Morgan fingerprint density at radius 1 is 1.44 bits per heavy atom. The maximum Gasteiger partial charge on any atom is 0.302 e. The highest BCUT2D eigenvalue weighted by atomic mass is 28.2. The molecule has 0 bridgehead atoms. The molecule has 0 atom stereocenters. The van der Waals surface area contributed by atoms with Crippen molar-refractivity contribution in [1.29, 1.82) is 0 Å². The topological polar surface area (TPSA) is 37.3 Å². The summed E-state index contributed by atoms with van der Waals surface area (Å²) in [6.45, 7) is 0. The molecule has 0 fully saturated rings. The molecule has 0 aliphatic heterocycles. The van der Waals surface area contributed by atoms with Gasteiger partial charge in [-0.25, -0.2) is 0 Å². The van der Waals surface area contributed by atoms with Crippen molar-refractivity contribution in [3.63, 3.8) is 0 Å². The van der Waals surface area contributed by atoms with Gasteiger partial charge in [-0.1, -0.05) is 5.16 Å². The SMILES string of the molecule is O=C(O)C([Si])([Si])C([Si])[Si]. The smallest absolute Gasteiger partial charge is 0.302 e. The highest BCUT2D eigenvalue weighted by Crippen LogP contribution is 2.27. The van der Waals surface area contributed by atoms with Gasteiger partial charge >= 0.3 is 5.97 Å². The zero-order valence-corrected chi connectivity index (χ0v) is 8.43. The summed E-state index contributed by atoms with van der Waals surface area (Å²) in [6.07, 6.45) is 0. The molecule has 12 radical (unpaired) electrons. The molecule has 0 rings (SSSR count). The van der Waals surface area contributed by atoms with Crippen LogP contribution >= 0.6 is 0 Å². The lowest BCUT2D eigenvalue weighted by Gasteiger charge is -2.22. The standard InChI is InChI=1S/C3H2O2Si4/c4-1(5)3(8,9)2(6)7/h2H,(H,4,5). The second-order valence-corrected chi connectivity index (χ2v) is 5.36. The first-order valence-electron chi connectivity index (χ1n) is 2.04. The molecule has 0 heterocycles. The maximum absolute atomic E-state index is 10.3. The van der Waals surface area contributed by atoms with Crippen LogP contribution in [0.4, 0.5) is 0 Å². The number of carboxylic acids is 1. The minimum Gasteiger partial charge on any atom is -0.481 e. The molecule has 0 saturated heterocycles. The molecule has 0 spiro atoms. The summed E-state index contributed by atoms with van der Waals surface area (Å²) in [5, 5.41) is 8.08. The Bertz CT molecular complexity index is 121. The van der Waals surface area contributed by atoms with Gasteiger partial charge in [0.25, 0.3) is 0 Å². The van der Waals surface area contributed by atoms with Crippen LogP contribution in [0.15, 0.2) is 0 Å². The van der Waals surface area contributed by atoms with E-state index in [2.05, 4.69) is 41.0 Å². The molecule has 0 aromatic carbocycles. The zero-order chi connectivity index (χ0) is 7.65. The van der Waals surface area contributed by atoms with Gasteiger partial charge in [-0.3, -0.25) is 4.79 Å². The van der Waals surface area contributed by atoms with Crippen molar-refractivity contribution in [2.24, 2.45) is 0 Å². The van der Waals surface area contributed by atoms with E-state index in [0.717, 1.165) is 0 Å². The Morgan fingerprint density at radius 2 is 1.78 bits per heavy atom. The molecule has 0 aromatic heterocycles. The Morgan fingerprint density at radius 3 is 1.78 bits per heavy atom. The summed E-state index contributed by atoms with van der Waals surface area (Å²) in [5.41, 5.74) is 0. The summed E-state index contributed by atoms with van der Waals surface area (Å²) in [7, 11) is 12.1. The average molecular weight is 182 g/mol. The van der Waals surface area contributed by atoms with Crippen LogP contribution in [0.5, 0.6) is 0 Å². The molecule has 0 saturated carbocycles. The molecule has 0 aromatic rings. The summed E-state index contributed by atoms with van der Waals surface area (Å²) >= 11 is 0. The predicted molar refractivity (Wildman–Crippen MR) is 37.1 cm³/mol. The number of carbonyl (C=O) groups is 1. The van der Waals surface area contributed by atoms with E-state index in [-0.39, 0.29) is 5.16 Å². The van der Waals surface area contributed by atoms with Crippen molar-refractivity contribution in [3.8, 4) is 0 Å². The van der Waals surface area contributed by atoms with Gasteiger partial charge in [0, 0.05) is 45.6 Å². The number of rotatable bonds is 2. The zero-order valence-electron chi connectivity index (χ0n) is 4.43. The highest BCUT2D eigenvalue weighted by Gasteiger charge is 2.30. The molecule has 0 amide bonds. The van der Waals surface area contributed by atoms with Crippen molar-refractivity contribution in [3.05, 3.63) is 0 Å². The lowest BCUT2D eigenvalue weighted by atomic mass is 10.4. The second-order valence-electron chi connectivity index (χ2n) is 1.55. The van der Waals surface area contributed by atoms with E-state index in [1.54, 1.807) is 0 Å². The normalized spacial score (nSPS) is 12.1. The van der Waals surface area contributed by atoms with Crippen LogP contribution in [0, 0.1) is 0 Å². The van der Waals surface area contributed by atoms with Gasteiger partial charge in [-0.15, -0.1) is 0 Å². The van der Waals surface area contributed by atoms with Crippen molar-refractivity contribution in [1.82, 2.24) is 0 Å². The van der Waals surface area contributed by atoms with E-state index in [4.69, 9.17) is 5.11 Å². The van der Waals surface area contributed by atoms with Crippen molar-refractivity contribution in [2.45, 2.75) is 9.83 Å². The van der Waals surface area contributed by atoms with Gasteiger partial charge < -0.3 is 5.11 Å². The molecular formula is C3H2O2Si4. The summed E-state index contributed by atoms with van der Waals surface area (Å²) in [5.74, 6) is -0.995.